The molecule has 0 saturated carbocycles. The van der Waals surface area contributed by atoms with Crippen molar-refractivity contribution in [2.75, 3.05) is 5.32 Å². The summed E-state index contributed by atoms with van der Waals surface area (Å²) < 4.78 is 3.27. The largest absolute Gasteiger partial charge is 0.356 e. The van der Waals surface area contributed by atoms with Crippen LogP contribution < -0.4 is 5.32 Å². The Morgan fingerprint density at radius 3 is 2.43 bits per heavy atom. The zero-order valence-electron chi connectivity index (χ0n) is 20.2. The van der Waals surface area contributed by atoms with Crippen molar-refractivity contribution < 1.29 is 0 Å². The van der Waals surface area contributed by atoms with Crippen LogP contribution in [0.5, 0.6) is 0 Å². The van der Waals surface area contributed by atoms with Crippen LogP contribution in [0.3, 0.4) is 0 Å². The lowest BCUT2D eigenvalue weighted by Gasteiger charge is -2.42. The number of nitriles is 1. The van der Waals surface area contributed by atoms with Crippen molar-refractivity contribution in [2.45, 2.75) is 18.5 Å². The molecule has 0 amide bonds. The molecule has 5 aromatic rings. The standard InChI is InChI=1S/C31H25N5S/c32-19-23-16-17-28-29(18-23)37-30(35-28)33-20-27-21-36(22-34-27)31(24-10-4-1-5-11-24,25-12-6-2-7-13-25)26-14-8-3-9-15-26/h1-14,16-18,21-22,26H,15,20H2,(H,33,35). The van der Waals surface area contributed by atoms with Crippen molar-refractivity contribution in [1.82, 2.24) is 14.5 Å². The Balaban J connectivity index is 1.38. The molecule has 0 bridgehead atoms. The first-order chi connectivity index (χ1) is 18.3. The Bertz CT molecular complexity index is 1580. The van der Waals surface area contributed by atoms with Crippen LogP contribution in [0.4, 0.5) is 5.13 Å². The molecule has 3 aromatic carbocycles. The van der Waals surface area contributed by atoms with E-state index in [-0.39, 0.29) is 5.92 Å². The van der Waals surface area contributed by atoms with E-state index in [0.717, 1.165) is 27.5 Å². The van der Waals surface area contributed by atoms with E-state index < -0.39 is 5.54 Å². The summed E-state index contributed by atoms with van der Waals surface area (Å²) in [5.74, 6) is 0.218. The molecule has 0 aliphatic heterocycles. The molecule has 0 saturated heterocycles. The lowest BCUT2D eigenvalue weighted by molar-refractivity contribution is 0.320. The molecule has 1 aliphatic rings. The molecule has 6 rings (SSSR count). The quantitative estimate of drug-likeness (QED) is 0.264. The normalized spacial score (nSPS) is 15.1. The van der Waals surface area contributed by atoms with E-state index in [1.165, 1.54) is 11.1 Å². The topological polar surface area (TPSA) is 66.5 Å². The molecule has 1 aliphatic carbocycles. The van der Waals surface area contributed by atoms with Gasteiger partial charge in [-0.15, -0.1) is 0 Å². The number of rotatable bonds is 7. The first-order valence-electron chi connectivity index (χ1n) is 12.3. The van der Waals surface area contributed by atoms with Gasteiger partial charge >= 0.3 is 0 Å². The van der Waals surface area contributed by atoms with Gasteiger partial charge in [0, 0.05) is 12.1 Å². The Kier molecular flexibility index (Phi) is 6.13. The molecule has 6 heteroatoms. The molecule has 1 N–H and O–H groups in total. The van der Waals surface area contributed by atoms with E-state index in [1.807, 2.05) is 18.5 Å². The number of aromatic nitrogens is 3. The van der Waals surface area contributed by atoms with Gasteiger partial charge in [0.1, 0.15) is 5.54 Å². The van der Waals surface area contributed by atoms with E-state index in [1.54, 1.807) is 17.4 Å². The van der Waals surface area contributed by atoms with Gasteiger partial charge < -0.3 is 9.88 Å². The second kappa shape index (κ2) is 9.88. The molecule has 0 spiro atoms. The molecular formula is C31H25N5S. The first-order valence-corrected chi connectivity index (χ1v) is 13.1. The Labute approximate surface area is 220 Å². The van der Waals surface area contributed by atoms with E-state index in [2.05, 4.69) is 112 Å². The van der Waals surface area contributed by atoms with E-state index in [4.69, 9.17) is 4.98 Å². The van der Waals surface area contributed by atoms with Crippen LogP contribution in [0.1, 0.15) is 28.8 Å². The van der Waals surface area contributed by atoms with Crippen LogP contribution in [-0.4, -0.2) is 14.5 Å². The number of anilines is 1. The maximum absolute atomic E-state index is 9.18. The van der Waals surface area contributed by atoms with Crippen LogP contribution in [0.2, 0.25) is 0 Å². The predicted octanol–water partition coefficient (Wildman–Crippen LogP) is 6.90. The van der Waals surface area contributed by atoms with E-state index >= 15 is 0 Å². The lowest BCUT2D eigenvalue weighted by atomic mass is 9.70. The molecule has 2 heterocycles. The van der Waals surface area contributed by atoms with Crippen molar-refractivity contribution in [3.8, 4) is 6.07 Å². The number of hydrogen-bond acceptors (Lipinski definition) is 5. The van der Waals surface area contributed by atoms with Crippen molar-refractivity contribution in [1.29, 1.82) is 5.26 Å². The summed E-state index contributed by atoms with van der Waals surface area (Å²) in [6.07, 6.45) is 13.9. The van der Waals surface area contributed by atoms with Crippen molar-refractivity contribution >= 4 is 26.7 Å². The average Bonchev–Trinajstić information content (AvgIpc) is 3.61. The Morgan fingerprint density at radius 1 is 1.00 bits per heavy atom. The molecule has 0 fully saturated rings. The molecule has 2 aromatic heterocycles. The van der Waals surface area contributed by atoms with Crippen LogP contribution >= 0.6 is 11.3 Å². The van der Waals surface area contributed by atoms with E-state index in [0.29, 0.717) is 12.1 Å². The minimum atomic E-state index is -0.446. The highest BCUT2D eigenvalue weighted by Crippen LogP contribution is 2.44. The summed E-state index contributed by atoms with van der Waals surface area (Å²) in [5.41, 5.74) is 4.47. The van der Waals surface area contributed by atoms with Gasteiger partial charge in [-0.2, -0.15) is 5.26 Å². The third-order valence-electron chi connectivity index (χ3n) is 6.93. The molecule has 0 radical (unpaired) electrons. The lowest BCUT2D eigenvalue weighted by Crippen LogP contribution is -2.42. The summed E-state index contributed by atoms with van der Waals surface area (Å²) >= 11 is 1.55. The highest BCUT2D eigenvalue weighted by molar-refractivity contribution is 7.22. The van der Waals surface area contributed by atoms with Gasteiger partial charge in [-0.25, -0.2) is 9.97 Å². The molecule has 1 unspecified atom stereocenters. The number of nitrogens with zero attached hydrogens (tertiary/aromatic N) is 4. The fourth-order valence-electron chi connectivity index (χ4n) is 5.24. The van der Waals surface area contributed by atoms with Crippen LogP contribution in [0.25, 0.3) is 10.2 Å². The summed E-state index contributed by atoms with van der Waals surface area (Å²) in [7, 11) is 0. The molecule has 180 valence electrons. The maximum atomic E-state index is 9.18. The molecule has 5 nitrogen and oxygen atoms in total. The van der Waals surface area contributed by atoms with Gasteiger partial charge in [0.05, 0.1) is 40.4 Å². The van der Waals surface area contributed by atoms with Gasteiger partial charge in [-0.3, -0.25) is 0 Å². The fraction of sp³-hybridized carbons (Fsp3) is 0.129. The molecule has 37 heavy (non-hydrogen) atoms. The predicted molar refractivity (Wildman–Crippen MR) is 149 cm³/mol. The number of thiazole rings is 1. The van der Waals surface area contributed by atoms with Gasteiger partial charge in [-0.05, 0) is 35.7 Å². The van der Waals surface area contributed by atoms with E-state index in [9.17, 15) is 5.26 Å². The average molecular weight is 500 g/mol. The van der Waals surface area contributed by atoms with Crippen LogP contribution in [-0.2, 0) is 12.1 Å². The summed E-state index contributed by atoms with van der Waals surface area (Å²) in [5, 5.41) is 13.4. The number of benzene rings is 3. The van der Waals surface area contributed by atoms with Crippen molar-refractivity contribution in [3.63, 3.8) is 0 Å². The third kappa shape index (κ3) is 4.24. The summed E-state index contributed by atoms with van der Waals surface area (Å²) in [6.45, 7) is 0.554. The zero-order chi connectivity index (χ0) is 25.1. The minimum absolute atomic E-state index is 0.218. The van der Waals surface area contributed by atoms with Crippen molar-refractivity contribution in [2.24, 2.45) is 5.92 Å². The van der Waals surface area contributed by atoms with Gasteiger partial charge in [0.15, 0.2) is 5.13 Å². The number of fused-ring (bicyclic) bond motifs is 1. The Hall–Kier alpha value is -4.47. The van der Waals surface area contributed by atoms with Crippen LogP contribution in [0, 0.1) is 17.2 Å². The van der Waals surface area contributed by atoms with Gasteiger partial charge in [0.25, 0.3) is 0 Å². The third-order valence-corrected chi connectivity index (χ3v) is 7.90. The van der Waals surface area contributed by atoms with Gasteiger partial charge in [-0.1, -0.05) is 96.3 Å². The second-order valence-corrected chi connectivity index (χ2v) is 10.1. The summed E-state index contributed by atoms with van der Waals surface area (Å²) in [6, 6.07) is 29.2. The molecule has 1 atom stereocenters. The fourth-order valence-corrected chi connectivity index (χ4v) is 6.14. The highest BCUT2D eigenvalue weighted by Gasteiger charge is 2.42. The summed E-state index contributed by atoms with van der Waals surface area (Å²) in [4.78, 5) is 9.49. The SMILES string of the molecule is N#Cc1ccc2nc(NCc3cn(C(c4ccccc4)(c4ccccc4)C4C=CC=CC4)cn3)sc2c1. The number of allylic oxidation sites excluding steroid dienone is 4. The monoisotopic (exact) mass is 499 g/mol. The number of nitrogens with one attached hydrogen (secondary N) is 1. The number of hydrogen-bond donors (Lipinski definition) is 1. The van der Waals surface area contributed by atoms with Crippen molar-refractivity contribution in [3.05, 3.63) is 138 Å². The zero-order valence-corrected chi connectivity index (χ0v) is 21.0. The smallest absolute Gasteiger partial charge is 0.184 e. The molecular weight excluding hydrogens is 474 g/mol. The second-order valence-electron chi connectivity index (χ2n) is 9.09. The minimum Gasteiger partial charge on any atom is -0.356 e. The van der Waals surface area contributed by atoms with Gasteiger partial charge in [0.2, 0.25) is 0 Å². The first kappa shape index (κ1) is 23.0. The number of imidazole rings is 1. The van der Waals surface area contributed by atoms with Crippen LogP contribution in [0.15, 0.2) is 116 Å². The maximum Gasteiger partial charge on any atom is 0.184 e. The Morgan fingerprint density at radius 2 is 1.76 bits per heavy atom. The highest BCUT2D eigenvalue weighted by atomic mass is 32.1.